The maximum atomic E-state index is 10.7. The maximum absolute atomic E-state index is 10.7. The first kappa shape index (κ1) is 32.8. The first-order valence-corrected chi connectivity index (χ1v) is 19.9. The van der Waals surface area contributed by atoms with Gasteiger partial charge in [-0.2, -0.15) is 10.5 Å². The lowest BCUT2D eigenvalue weighted by Crippen LogP contribution is -2.56. The van der Waals surface area contributed by atoms with Crippen LogP contribution in [0.15, 0.2) is 179 Å². The van der Waals surface area contributed by atoms with E-state index in [2.05, 4.69) is 170 Å². The molecule has 11 rings (SSSR count). The fourth-order valence-electron chi connectivity index (χ4n) is 11.3. The SMILES string of the molecule is Cc1cccc(C)c1N1C2=C(C=C3C(c4ccccc4)=C4C=CC=CC4C(c4ccccc4)C3C2)B2C3=C(C=C(C#N)CC31)c1ccc(C#N)c3cccc2c13. The van der Waals surface area contributed by atoms with Crippen molar-refractivity contribution in [2.75, 3.05) is 4.90 Å². The normalized spacial score (nSPS) is 22.8. The van der Waals surface area contributed by atoms with Crippen molar-refractivity contribution in [3.63, 3.8) is 0 Å². The molecule has 4 atom stereocenters. The van der Waals surface area contributed by atoms with Crippen molar-refractivity contribution in [3.05, 3.63) is 212 Å². The van der Waals surface area contributed by atoms with Gasteiger partial charge in [0.1, 0.15) is 0 Å². The lowest BCUT2D eigenvalue weighted by Gasteiger charge is -2.53. The summed E-state index contributed by atoms with van der Waals surface area (Å²) in [7, 11) is 0. The van der Waals surface area contributed by atoms with Gasteiger partial charge in [0.25, 0.3) is 0 Å². The molecule has 0 bridgehead atoms. The molecule has 4 aliphatic carbocycles. The summed E-state index contributed by atoms with van der Waals surface area (Å²) in [5.74, 6) is 0.672. The van der Waals surface area contributed by atoms with E-state index in [4.69, 9.17) is 0 Å². The quantitative estimate of drug-likeness (QED) is 0.175. The van der Waals surface area contributed by atoms with Crippen LogP contribution in [-0.2, 0) is 0 Å². The monoisotopic (exact) mass is 715 g/mol. The van der Waals surface area contributed by atoms with Crippen molar-refractivity contribution in [2.45, 2.75) is 38.6 Å². The van der Waals surface area contributed by atoms with Gasteiger partial charge >= 0.3 is 0 Å². The summed E-state index contributed by atoms with van der Waals surface area (Å²) in [6.45, 7) is 4.47. The van der Waals surface area contributed by atoms with E-state index in [1.807, 2.05) is 6.07 Å². The molecule has 0 N–H and O–H groups in total. The van der Waals surface area contributed by atoms with Gasteiger partial charge < -0.3 is 4.90 Å². The number of hydrogen-bond donors (Lipinski definition) is 0. The highest BCUT2D eigenvalue weighted by molar-refractivity contribution is 6.90. The molecule has 4 heteroatoms. The van der Waals surface area contributed by atoms with E-state index in [0.717, 1.165) is 33.9 Å². The largest absolute Gasteiger partial charge is 0.338 e. The van der Waals surface area contributed by atoms with Crippen LogP contribution in [0, 0.1) is 48.3 Å². The highest BCUT2D eigenvalue weighted by Gasteiger charge is 2.52. The average molecular weight is 716 g/mol. The van der Waals surface area contributed by atoms with Crippen molar-refractivity contribution in [2.24, 2.45) is 11.8 Å². The van der Waals surface area contributed by atoms with Crippen molar-refractivity contribution in [1.29, 1.82) is 10.5 Å². The van der Waals surface area contributed by atoms with E-state index in [0.29, 0.717) is 12.0 Å². The van der Waals surface area contributed by atoms with Gasteiger partial charge in [-0.05, 0) is 105 Å². The Balaban J connectivity index is 1.27. The number of nitrogens with zero attached hydrogens (tertiary/aromatic N) is 3. The number of allylic oxidation sites excluding steroid dienone is 12. The minimum atomic E-state index is -0.0295. The van der Waals surface area contributed by atoms with Gasteiger partial charge in [0.15, 0.2) is 0 Å². The number of fused-ring (bicyclic) bond motifs is 5. The van der Waals surface area contributed by atoms with Crippen molar-refractivity contribution in [3.8, 4) is 12.1 Å². The van der Waals surface area contributed by atoms with Crippen molar-refractivity contribution in [1.82, 2.24) is 0 Å². The minimum Gasteiger partial charge on any atom is -0.338 e. The summed E-state index contributed by atoms with van der Waals surface area (Å²) in [5.41, 5.74) is 19.6. The van der Waals surface area contributed by atoms with Gasteiger partial charge in [-0.25, -0.2) is 0 Å². The molecule has 2 aliphatic heterocycles. The Hall–Kier alpha value is -6.62. The number of nitriles is 2. The first-order valence-electron chi connectivity index (χ1n) is 19.9. The van der Waals surface area contributed by atoms with Crippen LogP contribution < -0.4 is 10.4 Å². The molecule has 0 amide bonds. The molecule has 5 aromatic carbocycles. The summed E-state index contributed by atoms with van der Waals surface area (Å²) in [6.07, 6.45) is 15.5. The first-order chi connectivity index (χ1) is 27.6. The zero-order chi connectivity index (χ0) is 37.7. The molecule has 264 valence electrons. The third-order valence-corrected chi connectivity index (χ3v) is 13.4. The van der Waals surface area contributed by atoms with Crippen molar-refractivity contribution >= 4 is 39.8 Å². The molecule has 0 aromatic heterocycles. The molecule has 2 heterocycles. The summed E-state index contributed by atoms with van der Waals surface area (Å²) in [6, 6.07) is 44.6. The Morgan fingerprint density at radius 3 is 2.29 bits per heavy atom. The molecule has 0 radical (unpaired) electrons. The zero-order valence-electron chi connectivity index (χ0n) is 31.5. The summed E-state index contributed by atoms with van der Waals surface area (Å²) >= 11 is 0. The molecule has 0 fully saturated rings. The second-order valence-electron chi connectivity index (χ2n) is 16.2. The Kier molecular flexibility index (Phi) is 7.29. The van der Waals surface area contributed by atoms with Crippen LogP contribution in [0.4, 0.5) is 5.69 Å². The summed E-state index contributed by atoms with van der Waals surface area (Å²) in [5, 5.41) is 23.1. The third-order valence-electron chi connectivity index (χ3n) is 13.4. The van der Waals surface area contributed by atoms with E-state index < -0.39 is 0 Å². The fourth-order valence-corrected chi connectivity index (χ4v) is 11.3. The highest BCUT2D eigenvalue weighted by Crippen LogP contribution is 2.59. The van der Waals surface area contributed by atoms with Crippen LogP contribution >= 0.6 is 0 Å². The smallest absolute Gasteiger partial charge is 0.243 e. The van der Waals surface area contributed by atoms with Gasteiger partial charge in [0.05, 0.1) is 23.7 Å². The average Bonchev–Trinajstić information content (AvgIpc) is 3.24. The third kappa shape index (κ3) is 4.57. The van der Waals surface area contributed by atoms with Gasteiger partial charge in [-0.3, -0.25) is 0 Å². The Bertz CT molecular complexity index is 2850. The van der Waals surface area contributed by atoms with Crippen LogP contribution in [0.2, 0.25) is 0 Å². The van der Waals surface area contributed by atoms with Gasteiger partial charge in [-0.15, -0.1) is 0 Å². The zero-order valence-corrected chi connectivity index (χ0v) is 31.5. The Labute approximate surface area is 329 Å². The number of rotatable bonds is 3. The van der Waals surface area contributed by atoms with Crippen LogP contribution in [0.3, 0.4) is 0 Å². The van der Waals surface area contributed by atoms with E-state index in [9.17, 15) is 10.5 Å². The number of anilines is 1. The predicted molar refractivity (Wildman–Crippen MR) is 229 cm³/mol. The Morgan fingerprint density at radius 2 is 1.52 bits per heavy atom. The van der Waals surface area contributed by atoms with E-state index in [1.54, 1.807) is 0 Å². The van der Waals surface area contributed by atoms with E-state index in [1.165, 1.54) is 66.8 Å². The molecule has 0 saturated carbocycles. The van der Waals surface area contributed by atoms with Crippen LogP contribution in [0.5, 0.6) is 0 Å². The molecular weight excluding hydrogens is 677 g/mol. The fraction of sp³-hybridized carbons (Fsp3) is 0.154. The van der Waals surface area contributed by atoms with Crippen molar-refractivity contribution < 1.29 is 0 Å². The minimum absolute atomic E-state index is 0.0163. The van der Waals surface area contributed by atoms with Crippen LogP contribution in [0.1, 0.15) is 52.1 Å². The highest BCUT2D eigenvalue weighted by atomic mass is 15.2. The summed E-state index contributed by atoms with van der Waals surface area (Å²) in [4.78, 5) is 2.68. The van der Waals surface area contributed by atoms with Crippen LogP contribution in [-0.4, -0.2) is 12.8 Å². The molecule has 5 aromatic rings. The number of aryl methyl sites for hydroxylation is 2. The molecular formula is C52H38BN3. The molecule has 0 spiro atoms. The molecule has 6 aliphatic rings. The molecule has 56 heavy (non-hydrogen) atoms. The van der Waals surface area contributed by atoms with Gasteiger partial charge in [-0.1, -0.05) is 144 Å². The lowest BCUT2D eigenvalue weighted by molar-refractivity contribution is 0.405. The van der Waals surface area contributed by atoms with Gasteiger partial charge in [0.2, 0.25) is 6.71 Å². The van der Waals surface area contributed by atoms with E-state index in [-0.39, 0.29) is 30.5 Å². The van der Waals surface area contributed by atoms with E-state index >= 15 is 0 Å². The molecule has 3 nitrogen and oxygen atoms in total. The topological polar surface area (TPSA) is 50.8 Å². The summed E-state index contributed by atoms with van der Waals surface area (Å²) < 4.78 is 0. The maximum Gasteiger partial charge on any atom is 0.243 e. The number of hydrogen-bond acceptors (Lipinski definition) is 3. The lowest BCUT2D eigenvalue weighted by atomic mass is 9.29. The second-order valence-corrected chi connectivity index (χ2v) is 16.2. The standard InChI is InChI=1S/C52H38BN3/c1-31-13-11-14-32(2)52(31)56-46-28-42-41(48(34-15-5-3-6-16-34)38-19-9-10-20-39(38)49(42)35-17-7-4-8-18-35)27-45(46)53-44-22-12-21-37-36(30-55)23-24-40(50(37)44)43-25-33(29-54)26-47(56)51(43)53/h3-25,27,39,42,47,49H,26,28H2,1-2H3. The molecule has 4 unspecified atom stereocenters. The van der Waals surface area contributed by atoms with Crippen LogP contribution in [0.25, 0.3) is 21.9 Å². The molecule has 0 saturated heterocycles. The predicted octanol–water partition coefficient (Wildman–Crippen LogP) is 10.8. The number of para-hydroxylation sites is 1. The number of benzene rings is 5. The van der Waals surface area contributed by atoms with Gasteiger partial charge in [0, 0.05) is 35.2 Å². The second kappa shape index (κ2) is 12.5. The Morgan fingerprint density at radius 1 is 0.750 bits per heavy atom.